The van der Waals surface area contributed by atoms with Crippen LogP contribution in [0.15, 0.2) is 30.5 Å². The molecule has 1 amide bonds. The van der Waals surface area contributed by atoms with E-state index in [1.54, 1.807) is 18.2 Å². The predicted octanol–water partition coefficient (Wildman–Crippen LogP) is 3.05. The lowest BCUT2D eigenvalue weighted by molar-refractivity contribution is -0.142. The molecule has 0 aliphatic carbocycles. The average Bonchev–Trinajstić information content (AvgIpc) is 3.50. The first-order valence-corrected chi connectivity index (χ1v) is 9.66. The van der Waals surface area contributed by atoms with E-state index < -0.39 is 17.8 Å². The molecule has 5 rings (SSSR count). The first-order chi connectivity index (χ1) is 14.9. The highest BCUT2D eigenvalue weighted by Gasteiger charge is 2.36. The van der Waals surface area contributed by atoms with E-state index >= 15 is 0 Å². The zero-order valence-corrected chi connectivity index (χ0v) is 16.1. The summed E-state index contributed by atoms with van der Waals surface area (Å²) in [7, 11) is 0. The van der Waals surface area contributed by atoms with Crippen molar-refractivity contribution in [1.29, 1.82) is 0 Å². The Labute approximate surface area is 173 Å². The first kappa shape index (κ1) is 19.6. The van der Waals surface area contributed by atoms with Crippen molar-refractivity contribution in [2.24, 2.45) is 0 Å². The smallest absolute Gasteiger partial charge is 0.433 e. The average molecular weight is 434 g/mol. The summed E-state index contributed by atoms with van der Waals surface area (Å²) in [5, 5.41) is 6.47. The molecule has 1 atom stereocenters. The Morgan fingerprint density at radius 3 is 2.84 bits per heavy atom. The molecule has 162 valence electrons. The molecule has 2 aromatic heterocycles. The van der Waals surface area contributed by atoms with Gasteiger partial charge in [0.1, 0.15) is 5.56 Å². The van der Waals surface area contributed by atoms with Crippen molar-refractivity contribution in [1.82, 2.24) is 19.9 Å². The highest BCUT2D eigenvalue weighted by Crippen LogP contribution is 2.37. The number of rotatable bonds is 4. The number of hydrogen-bond acceptors (Lipinski definition) is 6. The largest absolute Gasteiger partial charge is 0.454 e. The van der Waals surface area contributed by atoms with Gasteiger partial charge < -0.3 is 19.5 Å². The van der Waals surface area contributed by atoms with Crippen molar-refractivity contribution >= 4 is 11.6 Å². The van der Waals surface area contributed by atoms with Gasteiger partial charge in [-0.05, 0) is 37.1 Å². The van der Waals surface area contributed by atoms with Crippen LogP contribution in [0.3, 0.4) is 0 Å². The van der Waals surface area contributed by atoms with Gasteiger partial charge in [-0.25, -0.2) is 9.50 Å². The minimum absolute atomic E-state index is 0.0341. The molecular weight excluding hydrogens is 417 g/mol. The van der Waals surface area contributed by atoms with Crippen molar-refractivity contribution in [3.8, 4) is 22.8 Å². The normalized spacial score (nSPS) is 18.0. The molecule has 31 heavy (non-hydrogen) atoms. The number of halogens is 3. The van der Waals surface area contributed by atoms with Gasteiger partial charge in [0.25, 0.3) is 5.91 Å². The Hall–Kier alpha value is -3.34. The second-order valence-electron chi connectivity index (χ2n) is 7.23. The van der Waals surface area contributed by atoms with Gasteiger partial charge >= 0.3 is 6.18 Å². The van der Waals surface area contributed by atoms with E-state index in [-0.39, 0.29) is 36.3 Å². The van der Waals surface area contributed by atoms with E-state index in [0.717, 1.165) is 25.1 Å². The van der Waals surface area contributed by atoms with Gasteiger partial charge in [-0.3, -0.25) is 4.79 Å². The van der Waals surface area contributed by atoms with Crippen LogP contribution < -0.4 is 14.8 Å². The van der Waals surface area contributed by atoms with Gasteiger partial charge in [-0.2, -0.15) is 18.3 Å². The van der Waals surface area contributed by atoms with Gasteiger partial charge in [0.2, 0.25) is 6.79 Å². The van der Waals surface area contributed by atoms with Crippen molar-refractivity contribution < 1.29 is 32.2 Å². The molecule has 1 fully saturated rings. The summed E-state index contributed by atoms with van der Waals surface area (Å²) in [5.74, 6) is 0.351. The number of carbonyl (C=O) groups is 1. The number of fused-ring (bicyclic) bond motifs is 2. The van der Waals surface area contributed by atoms with Gasteiger partial charge in [0.05, 0.1) is 18.0 Å². The van der Waals surface area contributed by atoms with Crippen LogP contribution in [0.1, 0.15) is 28.9 Å². The van der Waals surface area contributed by atoms with Crippen LogP contribution in [-0.2, 0) is 10.9 Å². The molecule has 2 aliphatic heterocycles. The van der Waals surface area contributed by atoms with Gasteiger partial charge in [0.15, 0.2) is 22.8 Å². The summed E-state index contributed by atoms with van der Waals surface area (Å²) >= 11 is 0. The molecule has 0 saturated carbocycles. The summed E-state index contributed by atoms with van der Waals surface area (Å²) in [5.41, 5.74) is -0.849. The van der Waals surface area contributed by atoms with E-state index in [9.17, 15) is 18.0 Å². The van der Waals surface area contributed by atoms with E-state index in [1.807, 2.05) is 0 Å². The summed E-state index contributed by atoms with van der Waals surface area (Å²) in [6, 6.07) is 5.63. The third-order valence-electron chi connectivity index (χ3n) is 5.19. The van der Waals surface area contributed by atoms with Crippen LogP contribution in [0.5, 0.6) is 11.5 Å². The third-order valence-corrected chi connectivity index (χ3v) is 5.19. The monoisotopic (exact) mass is 434 g/mol. The summed E-state index contributed by atoms with van der Waals surface area (Å²) < 4.78 is 57.9. The number of amides is 1. The highest BCUT2D eigenvalue weighted by molar-refractivity contribution is 6.00. The molecule has 0 bridgehead atoms. The Morgan fingerprint density at radius 1 is 1.23 bits per heavy atom. The van der Waals surface area contributed by atoms with Crippen LogP contribution in [0.2, 0.25) is 0 Å². The topological polar surface area (TPSA) is 87.0 Å². The maximum atomic E-state index is 13.7. The SMILES string of the molecule is O=C(NC[C@H]1CCCO1)c1cnn2c(C(F)(F)F)cc(-c3ccc4c(c3)OCO4)nc12. The third kappa shape index (κ3) is 3.65. The lowest BCUT2D eigenvalue weighted by Gasteiger charge is -2.12. The van der Waals surface area contributed by atoms with E-state index in [4.69, 9.17) is 14.2 Å². The standard InChI is InChI=1S/C20H17F3N4O4/c21-20(22,23)17-7-14(11-3-4-15-16(6-11)31-10-30-15)26-18-13(9-25-27(17)18)19(28)24-8-12-2-1-5-29-12/h3-4,6-7,9,12H,1-2,5,8,10H2,(H,24,28)/t12-/m1/s1. The Kier molecular flexibility index (Phi) is 4.69. The molecule has 2 aliphatic rings. The van der Waals surface area contributed by atoms with E-state index in [0.29, 0.717) is 28.2 Å². The summed E-state index contributed by atoms with van der Waals surface area (Å²) in [6.45, 7) is 0.938. The fourth-order valence-electron chi connectivity index (χ4n) is 3.64. The molecular formula is C20H17F3N4O4. The number of carbonyl (C=O) groups excluding carboxylic acids is 1. The fraction of sp³-hybridized carbons (Fsp3) is 0.350. The van der Waals surface area contributed by atoms with Crippen LogP contribution in [0, 0.1) is 0 Å². The molecule has 1 N–H and O–H groups in total. The second-order valence-corrected chi connectivity index (χ2v) is 7.23. The molecule has 4 heterocycles. The maximum Gasteiger partial charge on any atom is 0.433 e. The molecule has 1 saturated heterocycles. The fourth-order valence-corrected chi connectivity index (χ4v) is 3.64. The lowest BCUT2D eigenvalue weighted by Crippen LogP contribution is -2.31. The molecule has 0 unspecified atom stereocenters. The molecule has 1 aromatic carbocycles. The van der Waals surface area contributed by atoms with Crippen LogP contribution >= 0.6 is 0 Å². The molecule has 0 radical (unpaired) electrons. The van der Waals surface area contributed by atoms with Gasteiger partial charge in [-0.15, -0.1) is 0 Å². The zero-order chi connectivity index (χ0) is 21.6. The van der Waals surface area contributed by atoms with Crippen LogP contribution in [-0.4, -0.2) is 46.6 Å². The molecule has 8 nitrogen and oxygen atoms in total. The molecule has 11 heteroatoms. The van der Waals surface area contributed by atoms with Gasteiger partial charge in [0, 0.05) is 18.7 Å². The van der Waals surface area contributed by atoms with Crippen molar-refractivity contribution in [3.05, 3.63) is 41.7 Å². The minimum Gasteiger partial charge on any atom is -0.454 e. The summed E-state index contributed by atoms with van der Waals surface area (Å²) in [4.78, 5) is 17.0. The number of nitrogens with one attached hydrogen (secondary N) is 1. The number of aromatic nitrogens is 3. The number of ether oxygens (including phenoxy) is 3. The number of nitrogens with zero attached hydrogens (tertiary/aromatic N) is 3. The number of hydrogen-bond donors (Lipinski definition) is 1. The minimum atomic E-state index is -4.70. The first-order valence-electron chi connectivity index (χ1n) is 9.66. The lowest BCUT2D eigenvalue weighted by atomic mass is 10.1. The van der Waals surface area contributed by atoms with E-state index in [1.165, 1.54) is 0 Å². The predicted molar refractivity (Wildman–Crippen MR) is 101 cm³/mol. The van der Waals surface area contributed by atoms with Crippen molar-refractivity contribution in [2.75, 3.05) is 19.9 Å². The quantitative estimate of drug-likeness (QED) is 0.679. The zero-order valence-electron chi connectivity index (χ0n) is 16.1. The number of alkyl halides is 3. The van der Waals surface area contributed by atoms with Crippen molar-refractivity contribution in [2.45, 2.75) is 25.1 Å². The Balaban J connectivity index is 1.55. The summed E-state index contributed by atoms with van der Waals surface area (Å²) in [6.07, 6.45) is -1.99. The second kappa shape index (κ2) is 7.41. The molecule has 0 spiro atoms. The van der Waals surface area contributed by atoms with Crippen molar-refractivity contribution in [3.63, 3.8) is 0 Å². The number of benzene rings is 1. The Morgan fingerprint density at radius 2 is 2.06 bits per heavy atom. The highest BCUT2D eigenvalue weighted by atomic mass is 19.4. The Bertz CT molecular complexity index is 1160. The van der Waals surface area contributed by atoms with Crippen LogP contribution in [0.25, 0.3) is 16.9 Å². The van der Waals surface area contributed by atoms with Gasteiger partial charge in [-0.1, -0.05) is 0 Å². The molecule has 3 aromatic rings. The van der Waals surface area contributed by atoms with Crippen LogP contribution in [0.4, 0.5) is 13.2 Å². The van der Waals surface area contributed by atoms with E-state index in [2.05, 4.69) is 15.4 Å². The maximum absolute atomic E-state index is 13.7.